The number of nitrogens with zero attached hydrogens (tertiary/aromatic N) is 3. The minimum atomic E-state index is -1.17. The van der Waals surface area contributed by atoms with Crippen LogP contribution in [0.25, 0.3) is 0 Å². The molecular weight excluding hydrogens is 817 g/mol. The van der Waals surface area contributed by atoms with E-state index in [2.05, 4.69) is 26.3 Å². The van der Waals surface area contributed by atoms with Gasteiger partial charge in [-0.25, -0.2) is 9.48 Å². The third kappa shape index (κ3) is 34.3. The number of carboxylic acid groups (broad SMARTS) is 2. The Hall–Kier alpha value is -3.84. The lowest BCUT2D eigenvalue weighted by Gasteiger charge is -2.14. The average Bonchev–Trinajstić information content (AvgIpc) is 3.70. The molecule has 0 radical (unpaired) electrons. The van der Waals surface area contributed by atoms with Crippen LogP contribution >= 0.6 is 0 Å². The molecule has 0 aromatic carbocycles. The van der Waals surface area contributed by atoms with Gasteiger partial charge >= 0.3 is 11.9 Å². The number of hydrogen-bond donors (Lipinski definition) is 5. The van der Waals surface area contributed by atoms with Crippen molar-refractivity contribution in [2.24, 2.45) is 0 Å². The van der Waals surface area contributed by atoms with Crippen molar-refractivity contribution in [3.05, 3.63) is 11.9 Å². The Kier molecular flexibility index (Phi) is 36.1. The summed E-state index contributed by atoms with van der Waals surface area (Å²) in [5, 5.41) is 34.5. The lowest BCUT2D eigenvalue weighted by Crippen LogP contribution is -2.41. The van der Waals surface area contributed by atoms with E-state index in [0.29, 0.717) is 52.2 Å². The quantitative estimate of drug-likeness (QED) is 0.0519. The fourth-order valence-corrected chi connectivity index (χ4v) is 6.82. The van der Waals surface area contributed by atoms with E-state index in [4.69, 9.17) is 24.1 Å². The van der Waals surface area contributed by atoms with Crippen molar-refractivity contribution in [2.45, 2.75) is 180 Å². The van der Waals surface area contributed by atoms with Gasteiger partial charge in [0.2, 0.25) is 11.8 Å². The lowest BCUT2D eigenvalue weighted by atomic mass is 10.0. The molecule has 0 aliphatic carbocycles. The van der Waals surface area contributed by atoms with Gasteiger partial charge < -0.3 is 45.1 Å². The summed E-state index contributed by atoms with van der Waals surface area (Å²) in [6.07, 6.45) is 20.7. The number of nitrogens with one attached hydrogen (secondary N) is 3. The van der Waals surface area contributed by atoms with E-state index in [-0.39, 0.29) is 88.1 Å². The highest BCUT2D eigenvalue weighted by Crippen LogP contribution is 2.14. The Morgan fingerprint density at radius 2 is 1.21 bits per heavy atom. The van der Waals surface area contributed by atoms with Gasteiger partial charge in [0.05, 0.1) is 57.6 Å². The first-order valence-electron chi connectivity index (χ1n) is 23.4. The zero-order valence-corrected chi connectivity index (χ0v) is 38.4. The van der Waals surface area contributed by atoms with Crippen LogP contribution in [0.4, 0.5) is 0 Å². The molecule has 2 amide bonds. The van der Waals surface area contributed by atoms with Crippen molar-refractivity contribution in [3.8, 4) is 0 Å². The number of rotatable bonds is 46. The van der Waals surface area contributed by atoms with Crippen LogP contribution in [0.5, 0.6) is 0 Å². The van der Waals surface area contributed by atoms with Gasteiger partial charge in [-0.2, -0.15) is 0 Å². The second-order valence-electron chi connectivity index (χ2n) is 16.1. The first-order chi connectivity index (χ1) is 30.5. The molecule has 0 spiro atoms. The smallest absolute Gasteiger partial charge is 0.326 e. The molecule has 1 aromatic heterocycles. The van der Waals surface area contributed by atoms with E-state index < -0.39 is 18.0 Å². The maximum Gasteiger partial charge on any atom is 0.326 e. The number of ketones is 2. The third-order valence-electron chi connectivity index (χ3n) is 10.6. The summed E-state index contributed by atoms with van der Waals surface area (Å²) in [6.45, 7) is 4.78. The van der Waals surface area contributed by atoms with E-state index in [9.17, 15) is 33.9 Å². The van der Waals surface area contributed by atoms with E-state index in [0.717, 1.165) is 63.5 Å². The number of carbonyl (C=O) groups excluding carboxylic acids is 4. The van der Waals surface area contributed by atoms with Gasteiger partial charge in [0.15, 0.2) is 5.78 Å². The predicted molar refractivity (Wildman–Crippen MR) is 237 cm³/mol. The van der Waals surface area contributed by atoms with Gasteiger partial charge in [0.25, 0.3) is 0 Å². The number of carboxylic acids is 2. The minimum absolute atomic E-state index is 0.0142. The predicted octanol–water partition coefficient (Wildman–Crippen LogP) is 5.33. The van der Waals surface area contributed by atoms with E-state index >= 15 is 0 Å². The van der Waals surface area contributed by atoms with Crippen LogP contribution in [0.15, 0.2) is 6.20 Å². The highest BCUT2D eigenvalue weighted by Gasteiger charge is 2.21. The number of aromatic nitrogens is 3. The number of aliphatic carboxylic acids is 2. The number of amides is 2. The second kappa shape index (κ2) is 39.7. The van der Waals surface area contributed by atoms with Crippen LogP contribution in [0.3, 0.4) is 0 Å². The topological polar surface area (TPSA) is 247 Å². The van der Waals surface area contributed by atoms with E-state index in [1.165, 1.54) is 44.9 Å². The van der Waals surface area contributed by atoms with Crippen LogP contribution in [0.2, 0.25) is 0 Å². The van der Waals surface area contributed by atoms with Crippen molar-refractivity contribution < 1.29 is 57.9 Å². The van der Waals surface area contributed by atoms with E-state index in [1.807, 2.05) is 4.68 Å². The molecule has 2 atom stereocenters. The number of carbonyl (C=O) groups is 6. The highest BCUT2D eigenvalue weighted by molar-refractivity contribution is 5.84. The van der Waals surface area contributed by atoms with Gasteiger partial charge in [0, 0.05) is 45.4 Å². The molecule has 18 nitrogen and oxygen atoms in total. The fraction of sp³-hybridized carbons (Fsp3) is 0.822. The zero-order chi connectivity index (χ0) is 46.2. The first kappa shape index (κ1) is 57.2. The number of hydrogen-bond acceptors (Lipinski definition) is 13. The Labute approximate surface area is 375 Å². The number of aryl methyl sites for hydroxylation is 1. The standard InChI is InChI=1S/C45H80N6O12/c1-37(52)40(46-2)21-17-18-27-51-38(34-48-50-51)35-62-32-30-60-28-19-20-39(53)36-63-33-31-61-29-26-47-42(54)25-24-41(45(58)59)49-43(55)22-15-13-11-9-7-5-3-4-6-8-10-12-14-16-23-44(56)57/h34,40-41,46H,3-33,35-36H2,1-2H3,(H,47,54)(H,49,55)(H,56,57)(H,58,59)/t40-,41?/m0/s1. The Morgan fingerprint density at radius 3 is 1.81 bits per heavy atom. The molecule has 0 saturated heterocycles. The molecule has 1 heterocycles. The van der Waals surface area contributed by atoms with Crippen molar-refractivity contribution >= 4 is 35.3 Å². The van der Waals surface area contributed by atoms with Gasteiger partial charge in [0.1, 0.15) is 18.4 Å². The van der Waals surface area contributed by atoms with Gasteiger partial charge in [-0.05, 0) is 58.9 Å². The maximum atomic E-state index is 12.3. The molecule has 5 N–H and O–H groups in total. The van der Waals surface area contributed by atoms with E-state index in [1.54, 1.807) is 20.2 Å². The number of Topliss-reactive ketones (excluding diaryl/α,β-unsaturated/α-hetero) is 2. The molecule has 362 valence electrons. The summed E-state index contributed by atoms with van der Waals surface area (Å²) in [7, 11) is 1.79. The molecule has 0 aliphatic rings. The summed E-state index contributed by atoms with van der Waals surface area (Å²) >= 11 is 0. The van der Waals surface area contributed by atoms with Gasteiger partial charge in [-0.1, -0.05) is 82.3 Å². The van der Waals surface area contributed by atoms with Crippen LogP contribution in [0.1, 0.15) is 160 Å². The summed E-state index contributed by atoms with van der Waals surface area (Å²) in [6, 6.07) is -1.24. The van der Waals surface area contributed by atoms with Crippen LogP contribution in [-0.4, -0.2) is 132 Å². The Morgan fingerprint density at radius 1 is 0.619 bits per heavy atom. The average molecular weight is 897 g/mol. The maximum absolute atomic E-state index is 12.3. The second-order valence-corrected chi connectivity index (χ2v) is 16.1. The van der Waals surface area contributed by atoms with Crippen molar-refractivity contribution in [1.82, 2.24) is 30.9 Å². The van der Waals surface area contributed by atoms with Crippen molar-refractivity contribution in [2.75, 3.05) is 59.8 Å². The summed E-state index contributed by atoms with van der Waals surface area (Å²) in [5.41, 5.74) is 0.871. The summed E-state index contributed by atoms with van der Waals surface area (Å²) in [4.78, 5) is 70.4. The minimum Gasteiger partial charge on any atom is -0.481 e. The number of ether oxygens (including phenoxy) is 4. The Bertz CT molecular complexity index is 1380. The molecule has 0 bridgehead atoms. The zero-order valence-electron chi connectivity index (χ0n) is 38.4. The van der Waals surface area contributed by atoms with Crippen LogP contribution in [0, 0.1) is 0 Å². The first-order valence-corrected chi connectivity index (χ1v) is 23.4. The summed E-state index contributed by atoms with van der Waals surface area (Å²) in [5.74, 6) is -2.44. The molecule has 18 heteroatoms. The van der Waals surface area contributed by atoms with Crippen LogP contribution < -0.4 is 16.0 Å². The van der Waals surface area contributed by atoms with Crippen LogP contribution in [-0.2, 0) is 60.9 Å². The third-order valence-corrected chi connectivity index (χ3v) is 10.6. The normalized spacial score (nSPS) is 12.2. The summed E-state index contributed by atoms with van der Waals surface area (Å²) < 4.78 is 23.9. The monoisotopic (exact) mass is 897 g/mol. The SMILES string of the molecule is CN[C@@H](CCCCn1nncc1COCCOCCCC(=O)COCCOCCNC(=O)CCC(NC(=O)CCCCCCCCCCCCCCCCC(=O)O)C(=O)O)C(C)=O. The van der Waals surface area contributed by atoms with Gasteiger partial charge in [-0.3, -0.25) is 24.0 Å². The van der Waals surface area contributed by atoms with Crippen molar-refractivity contribution in [1.29, 1.82) is 0 Å². The molecule has 0 fully saturated rings. The molecule has 0 saturated carbocycles. The Balaban J connectivity index is 1.94. The molecule has 1 unspecified atom stereocenters. The number of likely N-dealkylation sites (N-methyl/N-ethyl adjacent to an activating group) is 1. The molecule has 1 rings (SSSR count). The molecule has 63 heavy (non-hydrogen) atoms. The molecule has 0 aliphatic heterocycles. The lowest BCUT2D eigenvalue weighted by molar-refractivity contribution is -0.142. The van der Waals surface area contributed by atoms with Crippen molar-refractivity contribution in [3.63, 3.8) is 0 Å². The molecule has 1 aromatic rings. The largest absolute Gasteiger partial charge is 0.481 e. The van der Waals surface area contributed by atoms with Gasteiger partial charge in [-0.15, -0.1) is 5.10 Å². The fourth-order valence-electron chi connectivity index (χ4n) is 6.82. The highest BCUT2D eigenvalue weighted by atomic mass is 16.5. The number of unbranched alkanes of at least 4 members (excludes halogenated alkanes) is 14. The molecular formula is C45H80N6O12.